The molecule has 5 nitrogen and oxygen atoms in total. The molecule has 1 amide bonds. The first-order valence-electron chi connectivity index (χ1n) is 11.7. The monoisotopic (exact) mass is 415 g/mol. The van der Waals surface area contributed by atoms with Gasteiger partial charge in [-0.15, -0.1) is 0 Å². The van der Waals surface area contributed by atoms with Gasteiger partial charge in [0.25, 0.3) is 5.91 Å². The Morgan fingerprint density at radius 3 is 2.65 bits per heavy atom. The van der Waals surface area contributed by atoms with Gasteiger partial charge in [0.1, 0.15) is 5.75 Å². The predicted octanol–water partition coefficient (Wildman–Crippen LogP) is 5.61. The van der Waals surface area contributed by atoms with Crippen LogP contribution in [-0.2, 0) is 0 Å². The molecule has 3 aromatic rings. The van der Waals surface area contributed by atoms with Gasteiger partial charge in [0.05, 0.1) is 5.52 Å². The van der Waals surface area contributed by atoms with E-state index in [1.54, 1.807) is 0 Å². The van der Waals surface area contributed by atoms with E-state index in [2.05, 4.69) is 10.3 Å². The van der Waals surface area contributed by atoms with Crippen LogP contribution in [0, 0.1) is 17.8 Å². The topological polar surface area (TPSA) is 55.6 Å². The van der Waals surface area contributed by atoms with Gasteiger partial charge >= 0.3 is 6.01 Å². The van der Waals surface area contributed by atoms with E-state index in [9.17, 15) is 4.79 Å². The Kier molecular flexibility index (Phi) is 4.51. The zero-order valence-electron chi connectivity index (χ0n) is 17.8. The van der Waals surface area contributed by atoms with Gasteiger partial charge in [-0.25, -0.2) is 0 Å². The fourth-order valence-corrected chi connectivity index (χ4v) is 6.44. The second kappa shape index (κ2) is 7.40. The fourth-order valence-electron chi connectivity index (χ4n) is 6.44. The number of hydrogen-bond acceptors (Lipinski definition) is 3. The molecule has 0 spiro atoms. The number of amides is 1. The summed E-state index contributed by atoms with van der Waals surface area (Å²) in [4.78, 5) is 18.2. The average Bonchev–Trinajstić information content (AvgIpc) is 3.11. The Morgan fingerprint density at radius 2 is 1.77 bits per heavy atom. The lowest BCUT2D eigenvalue weighted by Crippen LogP contribution is -2.55. The van der Waals surface area contributed by atoms with E-state index in [1.165, 1.54) is 32.1 Å². The summed E-state index contributed by atoms with van der Waals surface area (Å²) in [5.41, 5.74) is 1.17. The first-order chi connectivity index (χ1) is 15.2. The third kappa shape index (κ3) is 3.50. The number of carbonyl (C=O) groups is 1. The third-order valence-electron chi connectivity index (χ3n) is 7.69. The maximum absolute atomic E-state index is 13.6. The number of ether oxygens (including phenoxy) is 1. The van der Waals surface area contributed by atoms with Gasteiger partial charge in [-0.3, -0.25) is 9.20 Å². The molecule has 7 rings (SSSR count). The SMILES string of the molecule is O=C(NC12CCCC(CC3CC(C3)C1)C2)c1nc(Oc2ccccc2)n2ccccc12. The van der Waals surface area contributed by atoms with Crippen molar-refractivity contribution in [2.75, 3.05) is 0 Å². The van der Waals surface area contributed by atoms with Crippen LogP contribution in [0.1, 0.15) is 61.9 Å². The molecule has 4 saturated carbocycles. The molecule has 31 heavy (non-hydrogen) atoms. The van der Waals surface area contributed by atoms with Crippen molar-refractivity contribution in [2.45, 2.75) is 56.9 Å². The summed E-state index contributed by atoms with van der Waals surface area (Å²) in [6.45, 7) is 0. The van der Waals surface area contributed by atoms with Crippen LogP contribution in [0.4, 0.5) is 0 Å². The molecule has 0 saturated heterocycles. The summed E-state index contributed by atoms with van der Waals surface area (Å²) in [6, 6.07) is 15.8. The molecule has 2 aromatic heterocycles. The maximum Gasteiger partial charge on any atom is 0.307 e. The molecule has 2 heterocycles. The largest absolute Gasteiger partial charge is 0.425 e. The number of fused-ring (bicyclic) bond motifs is 1. The highest BCUT2D eigenvalue weighted by molar-refractivity contribution is 5.99. The van der Waals surface area contributed by atoms with E-state index in [-0.39, 0.29) is 11.4 Å². The van der Waals surface area contributed by atoms with Crippen LogP contribution in [0.2, 0.25) is 0 Å². The lowest BCUT2D eigenvalue weighted by molar-refractivity contribution is 0.0296. The molecule has 160 valence electrons. The Bertz CT molecular complexity index is 1100. The number of hydrogen-bond donors (Lipinski definition) is 1. The van der Waals surface area contributed by atoms with Crippen LogP contribution >= 0.6 is 0 Å². The van der Waals surface area contributed by atoms with Gasteiger partial charge in [-0.1, -0.05) is 37.1 Å². The normalized spacial score (nSPS) is 29.5. The van der Waals surface area contributed by atoms with E-state index >= 15 is 0 Å². The minimum atomic E-state index is -0.0682. The van der Waals surface area contributed by atoms with Crippen LogP contribution in [0.15, 0.2) is 54.7 Å². The molecule has 4 fully saturated rings. The molecule has 5 heteroatoms. The molecule has 0 radical (unpaired) electrons. The van der Waals surface area contributed by atoms with Crippen molar-refractivity contribution in [3.05, 3.63) is 60.4 Å². The summed E-state index contributed by atoms with van der Waals surface area (Å²) >= 11 is 0. The van der Waals surface area contributed by atoms with E-state index < -0.39 is 0 Å². The van der Waals surface area contributed by atoms with E-state index in [0.29, 0.717) is 17.5 Å². The van der Waals surface area contributed by atoms with Crippen molar-refractivity contribution in [1.29, 1.82) is 0 Å². The van der Waals surface area contributed by atoms with Crippen molar-refractivity contribution in [3.63, 3.8) is 0 Å². The lowest BCUT2D eigenvalue weighted by Gasteiger charge is -2.51. The van der Waals surface area contributed by atoms with Crippen molar-refractivity contribution in [2.24, 2.45) is 17.8 Å². The molecule has 4 bridgehead atoms. The number of imidazole rings is 1. The van der Waals surface area contributed by atoms with Crippen LogP contribution < -0.4 is 10.1 Å². The molecule has 4 aliphatic rings. The molecule has 1 N–H and O–H groups in total. The van der Waals surface area contributed by atoms with Crippen molar-refractivity contribution < 1.29 is 9.53 Å². The smallest absolute Gasteiger partial charge is 0.307 e. The number of carbonyl (C=O) groups excluding carboxylic acids is 1. The van der Waals surface area contributed by atoms with Gasteiger partial charge in [0.2, 0.25) is 0 Å². The van der Waals surface area contributed by atoms with Gasteiger partial charge in [-0.2, -0.15) is 4.98 Å². The predicted molar refractivity (Wildman–Crippen MR) is 119 cm³/mol. The van der Waals surface area contributed by atoms with E-state index in [0.717, 1.165) is 42.5 Å². The van der Waals surface area contributed by atoms with Crippen molar-refractivity contribution in [3.8, 4) is 11.8 Å². The standard InChI is InChI=1S/C26H29N3O2/c30-24(28-26-11-6-7-18(16-26)13-19-14-20(15-19)17-26)23-22-10-4-5-12-29(22)25(27-23)31-21-8-2-1-3-9-21/h1-5,8-10,12,18-20H,6-7,11,13-17H2,(H,28,30). The number of nitrogens with zero attached hydrogens (tertiary/aromatic N) is 2. The summed E-state index contributed by atoms with van der Waals surface area (Å²) in [7, 11) is 0. The van der Waals surface area contributed by atoms with Crippen LogP contribution in [0.3, 0.4) is 0 Å². The highest BCUT2D eigenvalue weighted by Crippen LogP contribution is 2.51. The zero-order valence-corrected chi connectivity index (χ0v) is 17.8. The van der Waals surface area contributed by atoms with Crippen molar-refractivity contribution >= 4 is 11.4 Å². The number of pyridine rings is 1. The van der Waals surface area contributed by atoms with E-state index in [1.807, 2.05) is 59.1 Å². The number of para-hydroxylation sites is 1. The molecule has 1 aromatic carbocycles. The highest BCUT2D eigenvalue weighted by atomic mass is 16.5. The number of nitrogens with one attached hydrogen (secondary N) is 1. The van der Waals surface area contributed by atoms with Gasteiger partial charge < -0.3 is 10.1 Å². The minimum absolute atomic E-state index is 0.0660. The lowest BCUT2D eigenvalue weighted by atomic mass is 9.58. The van der Waals surface area contributed by atoms with E-state index in [4.69, 9.17) is 4.74 Å². The van der Waals surface area contributed by atoms with Gasteiger partial charge in [0.15, 0.2) is 5.69 Å². The maximum atomic E-state index is 13.6. The first-order valence-corrected chi connectivity index (χ1v) is 11.7. The fraction of sp³-hybridized carbons (Fsp3) is 0.462. The van der Waals surface area contributed by atoms with Crippen molar-refractivity contribution in [1.82, 2.24) is 14.7 Å². The molecule has 2 atom stereocenters. The van der Waals surface area contributed by atoms with Crippen LogP contribution in [0.5, 0.6) is 11.8 Å². The highest BCUT2D eigenvalue weighted by Gasteiger charge is 2.46. The quantitative estimate of drug-likeness (QED) is 0.603. The zero-order chi connectivity index (χ0) is 20.8. The molecular formula is C26H29N3O2. The average molecular weight is 416 g/mol. The molecule has 2 unspecified atom stereocenters. The third-order valence-corrected chi connectivity index (χ3v) is 7.69. The Labute approximate surface area is 182 Å². The second-order valence-corrected chi connectivity index (χ2v) is 9.95. The van der Waals surface area contributed by atoms with Crippen LogP contribution in [-0.4, -0.2) is 20.8 Å². The molecule has 0 aliphatic heterocycles. The summed E-state index contributed by atoms with van der Waals surface area (Å²) < 4.78 is 7.88. The Hall–Kier alpha value is -2.82. The minimum Gasteiger partial charge on any atom is -0.425 e. The Balaban J connectivity index is 1.31. The molecular weight excluding hydrogens is 386 g/mol. The van der Waals surface area contributed by atoms with Gasteiger partial charge in [-0.05, 0) is 80.5 Å². The Morgan fingerprint density at radius 1 is 1.00 bits per heavy atom. The second-order valence-electron chi connectivity index (χ2n) is 9.95. The summed E-state index contributed by atoms with van der Waals surface area (Å²) in [5.74, 6) is 3.12. The van der Waals surface area contributed by atoms with Crippen LogP contribution in [0.25, 0.3) is 5.52 Å². The first kappa shape index (κ1) is 18.9. The number of benzene rings is 1. The number of rotatable bonds is 4. The van der Waals surface area contributed by atoms with Gasteiger partial charge in [0, 0.05) is 11.7 Å². The summed E-state index contributed by atoms with van der Waals surface area (Å²) in [6.07, 6.45) is 11.9. The molecule has 4 aliphatic carbocycles. The summed E-state index contributed by atoms with van der Waals surface area (Å²) in [5, 5.41) is 3.50. The number of aromatic nitrogens is 2.